The maximum atomic E-state index is 9.88. The van der Waals surface area contributed by atoms with Crippen LogP contribution >= 0.6 is 0 Å². The van der Waals surface area contributed by atoms with Gasteiger partial charge in [0, 0.05) is 12.0 Å². The normalized spacial score (nSPS) is 43.4. The summed E-state index contributed by atoms with van der Waals surface area (Å²) >= 11 is 0. The Labute approximate surface area is 59.5 Å². The molecule has 1 heterocycles. The number of isocyanates is 1. The summed E-state index contributed by atoms with van der Waals surface area (Å²) in [5.74, 6) is 0. The summed E-state index contributed by atoms with van der Waals surface area (Å²) in [7, 11) is 0. The first kappa shape index (κ1) is 6.08. The lowest BCUT2D eigenvalue weighted by molar-refractivity contribution is 0.536. The number of hydrogen-bond acceptors (Lipinski definition) is 3. The largest absolute Gasteiger partial charge is 0.316 e. The zero-order valence-corrected chi connectivity index (χ0v) is 5.76. The van der Waals surface area contributed by atoms with E-state index in [2.05, 4.69) is 10.3 Å². The fourth-order valence-electron chi connectivity index (χ4n) is 1.79. The predicted octanol–water partition coefficient (Wildman–Crippen LogP) is 0.0742. The number of hydrogen-bond donors (Lipinski definition) is 1. The molecule has 0 bridgehead atoms. The highest BCUT2D eigenvalue weighted by atomic mass is 16.1. The van der Waals surface area contributed by atoms with E-state index in [1.54, 1.807) is 6.08 Å². The van der Waals surface area contributed by atoms with Gasteiger partial charge in [-0.3, -0.25) is 0 Å². The highest BCUT2D eigenvalue weighted by molar-refractivity contribution is 5.36. The van der Waals surface area contributed by atoms with Crippen LogP contribution in [0.5, 0.6) is 0 Å². The van der Waals surface area contributed by atoms with Gasteiger partial charge in [0.25, 0.3) is 0 Å². The summed E-state index contributed by atoms with van der Waals surface area (Å²) in [6, 6.07) is 0.292. The van der Waals surface area contributed by atoms with Gasteiger partial charge in [0.05, 0.1) is 6.04 Å². The molecule has 1 aliphatic heterocycles. The van der Waals surface area contributed by atoms with Crippen molar-refractivity contribution >= 4 is 6.08 Å². The molecule has 1 saturated carbocycles. The van der Waals surface area contributed by atoms with Crippen LogP contribution in [0.25, 0.3) is 0 Å². The van der Waals surface area contributed by atoms with Crippen molar-refractivity contribution in [2.45, 2.75) is 18.9 Å². The Bertz CT molecular complexity index is 190. The smallest absolute Gasteiger partial charge is 0.235 e. The zero-order valence-electron chi connectivity index (χ0n) is 5.76. The van der Waals surface area contributed by atoms with Crippen LogP contribution in [0.1, 0.15) is 12.8 Å². The average Bonchev–Trinajstić information content (AvgIpc) is 2.43. The second-order valence-electron chi connectivity index (χ2n) is 3.23. The maximum Gasteiger partial charge on any atom is 0.235 e. The van der Waals surface area contributed by atoms with Gasteiger partial charge in [-0.15, -0.1) is 0 Å². The first-order chi connectivity index (χ1) is 4.87. The topological polar surface area (TPSA) is 41.5 Å². The molecule has 10 heavy (non-hydrogen) atoms. The maximum absolute atomic E-state index is 9.88. The molecule has 2 fully saturated rings. The van der Waals surface area contributed by atoms with Crippen LogP contribution in [0.2, 0.25) is 0 Å². The van der Waals surface area contributed by atoms with Crippen molar-refractivity contribution in [3.8, 4) is 0 Å². The molecule has 3 heteroatoms. The average molecular weight is 138 g/mol. The fraction of sp³-hybridized carbons (Fsp3) is 0.857. The monoisotopic (exact) mass is 138 g/mol. The Morgan fingerprint density at radius 1 is 1.70 bits per heavy atom. The van der Waals surface area contributed by atoms with Gasteiger partial charge in [0.15, 0.2) is 0 Å². The van der Waals surface area contributed by atoms with Crippen LogP contribution in [0, 0.1) is 5.41 Å². The zero-order chi connectivity index (χ0) is 7.03. The lowest BCUT2D eigenvalue weighted by Gasteiger charge is -2.00. The number of carbonyl (C=O) groups excluding carboxylic acids is 1. The summed E-state index contributed by atoms with van der Waals surface area (Å²) < 4.78 is 0. The van der Waals surface area contributed by atoms with E-state index < -0.39 is 0 Å². The third kappa shape index (κ3) is 0.713. The Morgan fingerprint density at radius 3 is 3.20 bits per heavy atom. The minimum atomic E-state index is 0.292. The summed E-state index contributed by atoms with van der Waals surface area (Å²) in [5, 5.41) is 3.27. The van der Waals surface area contributed by atoms with Crippen molar-refractivity contribution in [2.24, 2.45) is 10.4 Å². The van der Waals surface area contributed by atoms with Crippen LogP contribution in [0.3, 0.4) is 0 Å². The van der Waals surface area contributed by atoms with Crippen LogP contribution in [0.4, 0.5) is 0 Å². The molecule has 0 radical (unpaired) electrons. The number of nitrogens with zero attached hydrogens (tertiary/aromatic N) is 1. The van der Waals surface area contributed by atoms with E-state index in [-0.39, 0.29) is 0 Å². The van der Waals surface area contributed by atoms with Gasteiger partial charge in [0.2, 0.25) is 6.08 Å². The molecular weight excluding hydrogens is 128 g/mol. The third-order valence-corrected chi connectivity index (χ3v) is 2.63. The molecule has 2 aliphatic rings. The SMILES string of the molecule is O=C=NC1CC12CCNC2. The first-order valence-corrected chi connectivity index (χ1v) is 3.65. The van der Waals surface area contributed by atoms with E-state index in [0.717, 1.165) is 19.5 Å². The van der Waals surface area contributed by atoms with Crippen molar-refractivity contribution < 1.29 is 4.79 Å². The highest BCUT2D eigenvalue weighted by Gasteiger charge is 2.55. The summed E-state index contributed by atoms with van der Waals surface area (Å²) in [4.78, 5) is 13.6. The van der Waals surface area contributed by atoms with E-state index in [1.165, 1.54) is 6.42 Å². The van der Waals surface area contributed by atoms with E-state index in [1.807, 2.05) is 0 Å². The van der Waals surface area contributed by atoms with Gasteiger partial charge in [-0.2, -0.15) is 0 Å². The Hall–Kier alpha value is -0.660. The minimum Gasteiger partial charge on any atom is -0.316 e. The van der Waals surface area contributed by atoms with Crippen LogP contribution in [-0.2, 0) is 4.79 Å². The standard InChI is InChI=1S/C7H10N2O/c10-5-9-6-3-7(6)1-2-8-4-7/h6,8H,1-4H2. The molecule has 1 spiro atoms. The number of aliphatic imine (C=N–C) groups is 1. The molecule has 0 amide bonds. The van der Waals surface area contributed by atoms with Gasteiger partial charge < -0.3 is 5.32 Å². The second-order valence-corrected chi connectivity index (χ2v) is 3.23. The number of rotatable bonds is 1. The van der Waals surface area contributed by atoms with Gasteiger partial charge in [-0.05, 0) is 19.4 Å². The number of nitrogens with one attached hydrogen (secondary N) is 1. The lowest BCUT2D eigenvalue weighted by Crippen LogP contribution is -2.11. The van der Waals surface area contributed by atoms with Crippen molar-refractivity contribution in [3.05, 3.63) is 0 Å². The Morgan fingerprint density at radius 2 is 2.60 bits per heavy atom. The molecule has 0 aromatic heterocycles. The first-order valence-electron chi connectivity index (χ1n) is 3.65. The molecule has 1 N–H and O–H groups in total. The third-order valence-electron chi connectivity index (χ3n) is 2.63. The molecule has 0 aromatic carbocycles. The molecule has 3 nitrogen and oxygen atoms in total. The minimum absolute atomic E-state index is 0.292. The Kier molecular flexibility index (Phi) is 1.16. The van der Waals surface area contributed by atoms with Gasteiger partial charge in [0.1, 0.15) is 0 Å². The summed E-state index contributed by atoms with van der Waals surface area (Å²) in [6.07, 6.45) is 3.90. The second kappa shape index (κ2) is 1.91. The van der Waals surface area contributed by atoms with E-state index in [4.69, 9.17) is 0 Å². The molecule has 2 rings (SSSR count). The highest BCUT2D eigenvalue weighted by Crippen LogP contribution is 2.52. The fourth-order valence-corrected chi connectivity index (χ4v) is 1.79. The van der Waals surface area contributed by atoms with Crippen LogP contribution in [0.15, 0.2) is 4.99 Å². The molecule has 2 atom stereocenters. The molecule has 0 aromatic rings. The lowest BCUT2D eigenvalue weighted by atomic mass is 10.1. The molecule has 1 aliphatic carbocycles. The van der Waals surface area contributed by atoms with Crippen LogP contribution in [-0.4, -0.2) is 25.2 Å². The summed E-state index contributed by atoms with van der Waals surface area (Å²) in [6.45, 7) is 2.13. The molecule has 1 saturated heterocycles. The summed E-state index contributed by atoms with van der Waals surface area (Å²) in [5.41, 5.74) is 0.372. The van der Waals surface area contributed by atoms with Crippen molar-refractivity contribution in [1.82, 2.24) is 5.32 Å². The van der Waals surface area contributed by atoms with E-state index in [0.29, 0.717) is 11.5 Å². The van der Waals surface area contributed by atoms with E-state index in [9.17, 15) is 4.79 Å². The van der Waals surface area contributed by atoms with E-state index >= 15 is 0 Å². The predicted molar refractivity (Wildman–Crippen MR) is 36.4 cm³/mol. The molecular formula is C7H10N2O. The molecule has 54 valence electrons. The van der Waals surface area contributed by atoms with Gasteiger partial charge in [-0.25, -0.2) is 9.79 Å². The van der Waals surface area contributed by atoms with Crippen molar-refractivity contribution in [1.29, 1.82) is 0 Å². The van der Waals surface area contributed by atoms with Crippen molar-refractivity contribution in [2.75, 3.05) is 13.1 Å². The van der Waals surface area contributed by atoms with Crippen LogP contribution < -0.4 is 5.32 Å². The Balaban J connectivity index is 2.03. The van der Waals surface area contributed by atoms with Gasteiger partial charge >= 0.3 is 0 Å². The quantitative estimate of drug-likeness (QED) is 0.411. The van der Waals surface area contributed by atoms with Crippen molar-refractivity contribution in [3.63, 3.8) is 0 Å². The van der Waals surface area contributed by atoms with Gasteiger partial charge in [-0.1, -0.05) is 0 Å². The molecule has 2 unspecified atom stereocenters.